The topological polar surface area (TPSA) is 60.5 Å². The number of alkyl halides is 3. The maximum atomic E-state index is 13.0. The second-order valence-corrected chi connectivity index (χ2v) is 9.49. The van der Waals surface area contributed by atoms with Crippen molar-refractivity contribution in [1.29, 1.82) is 0 Å². The average molecular weight is 532 g/mol. The molecule has 37 heavy (non-hydrogen) atoms. The van der Waals surface area contributed by atoms with Gasteiger partial charge in [-0.2, -0.15) is 13.2 Å². The molecule has 0 radical (unpaired) electrons. The smallest absolute Gasteiger partial charge is 0.380 e. The number of aryl methyl sites for hydroxylation is 1. The van der Waals surface area contributed by atoms with Crippen LogP contribution >= 0.6 is 11.6 Å². The number of aromatic nitrogens is 1. The van der Waals surface area contributed by atoms with E-state index in [0.29, 0.717) is 49.0 Å². The van der Waals surface area contributed by atoms with Crippen LogP contribution in [-0.4, -0.2) is 54.7 Å². The Hall–Kier alpha value is -3.30. The third kappa shape index (κ3) is 7.60. The number of benzene rings is 2. The summed E-state index contributed by atoms with van der Waals surface area (Å²) >= 11 is 6.23. The Labute approximate surface area is 219 Å². The molecule has 2 N–H and O–H groups in total. The van der Waals surface area contributed by atoms with Crippen molar-refractivity contribution in [2.45, 2.75) is 26.1 Å². The molecule has 1 fully saturated rings. The molecule has 10 heteroatoms. The van der Waals surface area contributed by atoms with Crippen LogP contribution < -0.4 is 15.5 Å². The van der Waals surface area contributed by atoms with Gasteiger partial charge in [0.2, 0.25) is 0 Å². The maximum Gasteiger partial charge on any atom is 0.390 e. The number of rotatable bonds is 8. The Bertz CT molecular complexity index is 1210. The summed E-state index contributed by atoms with van der Waals surface area (Å²) in [5, 5.41) is 6.83. The third-order valence-electron chi connectivity index (χ3n) is 6.37. The molecule has 1 aliphatic rings. The first kappa shape index (κ1) is 26.8. The van der Waals surface area contributed by atoms with Gasteiger partial charge in [-0.1, -0.05) is 23.7 Å². The fraction of sp³-hybridized carbons (Fsp3) is 0.333. The fourth-order valence-corrected chi connectivity index (χ4v) is 4.35. The van der Waals surface area contributed by atoms with Crippen LogP contribution in [0.25, 0.3) is 0 Å². The zero-order valence-electron chi connectivity index (χ0n) is 20.5. The number of amides is 1. The van der Waals surface area contributed by atoms with Gasteiger partial charge >= 0.3 is 6.18 Å². The van der Waals surface area contributed by atoms with Crippen molar-refractivity contribution in [2.24, 2.45) is 0 Å². The second kappa shape index (κ2) is 11.8. The summed E-state index contributed by atoms with van der Waals surface area (Å²) in [5.74, 6) is -0.255. The van der Waals surface area contributed by atoms with E-state index in [2.05, 4.69) is 15.6 Å². The highest BCUT2D eigenvalue weighted by Gasteiger charge is 2.29. The lowest BCUT2D eigenvalue weighted by atomic mass is 10.1. The van der Waals surface area contributed by atoms with Crippen LogP contribution in [0.4, 0.5) is 30.2 Å². The van der Waals surface area contributed by atoms with Gasteiger partial charge in [0.25, 0.3) is 5.91 Å². The van der Waals surface area contributed by atoms with E-state index in [1.165, 1.54) is 0 Å². The fourth-order valence-electron chi connectivity index (χ4n) is 4.18. The molecule has 0 aliphatic carbocycles. The Kier molecular flexibility index (Phi) is 8.56. The van der Waals surface area contributed by atoms with Crippen LogP contribution in [0.1, 0.15) is 27.9 Å². The van der Waals surface area contributed by atoms with E-state index >= 15 is 0 Å². The number of hydrogen-bond acceptors (Lipinski definition) is 5. The van der Waals surface area contributed by atoms with Gasteiger partial charge in [-0.05, 0) is 54.4 Å². The largest absolute Gasteiger partial charge is 0.390 e. The van der Waals surface area contributed by atoms with Crippen molar-refractivity contribution in [3.63, 3.8) is 0 Å². The monoisotopic (exact) mass is 531 g/mol. The van der Waals surface area contributed by atoms with E-state index in [1.807, 2.05) is 30.0 Å². The van der Waals surface area contributed by atoms with E-state index in [0.717, 1.165) is 22.5 Å². The molecule has 2 aromatic carbocycles. The van der Waals surface area contributed by atoms with Crippen molar-refractivity contribution in [2.75, 3.05) is 48.3 Å². The SMILES string of the molecule is Cc1ccncc1NCc1ccc(C(=O)Nc2ccc(Cl)cc2N2CCN(CCC(F)(F)F)CC2)cc1. The zero-order chi connectivity index (χ0) is 26.4. The highest BCUT2D eigenvalue weighted by Crippen LogP contribution is 2.31. The molecule has 0 unspecified atom stereocenters. The molecule has 4 rings (SSSR count). The number of carbonyl (C=O) groups excluding carboxylic acids is 1. The molecular weight excluding hydrogens is 503 g/mol. The number of halogens is 4. The summed E-state index contributed by atoms with van der Waals surface area (Å²) in [6, 6.07) is 14.5. The first-order valence-corrected chi connectivity index (χ1v) is 12.4. The zero-order valence-corrected chi connectivity index (χ0v) is 21.2. The molecule has 2 heterocycles. The number of nitrogens with one attached hydrogen (secondary N) is 2. The van der Waals surface area contributed by atoms with Crippen LogP contribution in [0.3, 0.4) is 0 Å². The molecule has 1 amide bonds. The molecule has 3 aromatic rings. The van der Waals surface area contributed by atoms with Gasteiger partial charge in [-0.3, -0.25) is 14.7 Å². The van der Waals surface area contributed by atoms with Gasteiger partial charge in [0.15, 0.2) is 0 Å². The molecule has 0 spiro atoms. The molecule has 0 saturated carbocycles. The van der Waals surface area contributed by atoms with Gasteiger partial charge in [0.1, 0.15) is 0 Å². The number of anilines is 3. The van der Waals surface area contributed by atoms with E-state index in [-0.39, 0.29) is 12.5 Å². The van der Waals surface area contributed by atoms with Crippen LogP contribution in [-0.2, 0) is 6.54 Å². The van der Waals surface area contributed by atoms with Crippen molar-refractivity contribution < 1.29 is 18.0 Å². The molecule has 1 aromatic heterocycles. The van der Waals surface area contributed by atoms with Gasteiger partial charge < -0.3 is 15.5 Å². The summed E-state index contributed by atoms with van der Waals surface area (Å²) < 4.78 is 37.7. The molecule has 1 saturated heterocycles. The molecule has 6 nitrogen and oxygen atoms in total. The maximum absolute atomic E-state index is 13.0. The molecular formula is C27H29ClF3N5O. The summed E-state index contributed by atoms with van der Waals surface area (Å²) in [6.07, 6.45) is -1.44. The molecule has 0 bridgehead atoms. The predicted molar refractivity (Wildman–Crippen MR) is 141 cm³/mol. The quantitative estimate of drug-likeness (QED) is 0.374. The Morgan fingerprint density at radius 2 is 1.76 bits per heavy atom. The molecule has 1 aliphatic heterocycles. The summed E-state index contributed by atoms with van der Waals surface area (Å²) in [7, 11) is 0. The van der Waals surface area contributed by atoms with Crippen LogP contribution in [0.2, 0.25) is 5.02 Å². The van der Waals surface area contributed by atoms with Gasteiger partial charge in [0.05, 0.1) is 29.7 Å². The minimum atomic E-state index is -4.16. The minimum Gasteiger partial charge on any atom is -0.380 e. The Morgan fingerprint density at radius 1 is 1.03 bits per heavy atom. The Balaban J connectivity index is 1.37. The summed E-state index contributed by atoms with van der Waals surface area (Å²) in [4.78, 5) is 21.0. The number of carbonyl (C=O) groups is 1. The summed E-state index contributed by atoms with van der Waals surface area (Å²) in [5.41, 5.74) is 4.96. The second-order valence-electron chi connectivity index (χ2n) is 9.05. The molecule has 0 atom stereocenters. The first-order chi connectivity index (χ1) is 17.7. The van der Waals surface area contributed by atoms with Crippen LogP contribution in [0.15, 0.2) is 60.9 Å². The standard InChI is InChI=1S/C27H29ClF3N5O/c1-19-8-10-32-18-24(19)33-17-20-2-4-21(5-3-20)26(37)34-23-7-6-22(28)16-25(23)36-14-12-35(13-15-36)11-9-27(29,30)31/h2-8,10,16,18,33H,9,11-15,17H2,1H3,(H,34,37). The van der Waals surface area contributed by atoms with E-state index in [4.69, 9.17) is 11.6 Å². The van der Waals surface area contributed by atoms with Gasteiger partial charge in [-0.15, -0.1) is 0 Å². The van der Waals surface area contributed by atoms with Crippen molar-refractivity contribution in [3.05, 3.63) is 82.6 Å². The number of piperazine rings is 1. The lowest BCUT2D eigenvalue weighted by molar-refractivity contribution is -0.138. The third-order valence-corrected chi connectivity index (χ3v) is 6.61. The van der Waals surface area contributed by atoms with Crippen LogP contribution in [0, 0.1) is 6.92 Å². The van der Waals surface area contributed by atoms with Gasteiger partial charge in [-0.25, -0.2) is 0 Å². The highest BCUT2D eigenvalue weighted by atomic mass is 35.5. The first-order valence-electron chi connectivity index (χ1n) is 12.1. The number of hydrogen-bond donors (Lipinski definition) is 2. The molecule has 196 valence electrons. The van der Waals surface area contributed by atoms with E-state index < -0.39 is 12.6 Å². The summed E-state index contributed by atoms with van der Waals surface area (Å²) in [6.45, 7) is 4.69. The number of pyridine rings is 1. The minimum absolute atomic E-state index is 0.0101. The normalized spacial score (nSPS) is 14.5. The predicted octanol–water partition coefficient (Wildman–Crippen LogP) is 5.98. The van der Waals surface area contributed by atoms with Crippen LogP contribution in [0.5, 0.6) is 0 Å². The van der Waals surface area contributed by atoms with E-state index in [1.54, 1.807) is 47.6 Å². The average Bonchev–Trinajstić information content (AvgIpc) is 2.88. The van der Waals surface area contributed by atoms with Crippen molar-refractivity contribution >= 4 is 34.6 Å². The lowest BCUT2D eigenvalue weighted by Crippen LogP contribution is -2.47. The lowest BCUT2D eigenvalue weighted by Gasteiger charge is -2.37. The van der Waals surface area contributed by atoms with E-state index in [9.17, 15) is 18.0 Å². The van der Waals surface area contributed by atoms with Crippen molar-refractivity contribution in [3.8, 4) is 0 Å². The van der Waals surface area contributed by atoms with Gasteiger partial charge in [0, 0.05) is 56.1 Å². The Morgan fingerprint density at radius 3 is 2.43 bits per heavy atom. The van der Waals surface area contributed by atoms with Crippen molar-refractivity contribution in [1.82, 2.24) is 9.88 Å². The highest BCUT2D eigenvalue weighted by molar-refractivity contribution is 6.31. The number of nitrogens with zero attached hydrogens (tertiary/aromatic N) is 3.